The third-order valence-electron chi connectivity index (χ3n) is 5.16. The summed E-state index contributed by atoms with van der Waals surface area (Å²) in [5.41, 5.74) is 1.66. The number of hydrogen-bond donors (Lipinski definition) is 2. The van der Waals surface area contributed by atoms with Crippen LogP contribution in [-0.4, -0.2) is 55.7 Å². The number of carbonyl (C=O) groups is 2. The number of rotatable bonds is 6. The Bertz CT molecular complexity index is 852. The Morgan fingerprint density at radius 3 is 2.62 bits per heavy atom. The largest absolute Gasteiger partial charge is 0.478 e. The van der Waals surface area contributed by atoms with Crippen LogP contribution in [0.3, 0.4) is 0 Å². The SMILES string of the molecule is O=C(C[C@@H]1Oc2ccccc2NC1=O)N[C@H](CN1CCOCC1)c1ccccc1. The van der Waals surface area contributed by atoms with Crippen LogP contribution in [0.2, 0.25) is 0 Å². The van der Waals surface area contributed by atoms with Crippen LogP contribution >= 0.6 is 0 Å². The molecule has 0 aliphatic carbocycles. The number of amides is 2. The van der Waals surface area contributed by atoms with Gasteiger partial charge < -0.3 is 20.1 Å². The van der Waals surface area contributed by atoms with E-state index in [9.17, 15) is 9.59 Å². The summed E-state index contributed by atoms with van der Waals surface area (Å²) in [5.74, 6) is 0.0627. The number of hydrogen-bond acceptors (Lipinski definition) is 5. The van der Waals surface area contributed by atoms with E-state index in [4.69, 9.17) is 9.47 Å². The van der Waals surface area contributed by atoms with E-state index in [1.54, 1.807) is 12.1 Å². The lowest BCUT2D eigenvalue weighted by atomic mass is 10.1. The van der Waals surface area contributed by atoms with Crippen molar-refractivity contribution in [1.29, 1.82) is 0 Å². The van der Waals surface area contributed by atoms with Crippen LogP contribution in [0, 0.1) is 0 Å². The Morgan fingerprint density at radius 1 is 1.10 bits per heavy atom. The maximum atomic E-state index is 12.8. The van der Waals surface area contributed by atoms with Crippen molar-refractivity contribution >= 4 is 17.5 Å². The van der Waals surface area contributed by atoms with Crippen LogP contribution < -0.4 is 15.4 Å². The highest BCUT2D eigenvalue weighted by Crippen LogP contribution is 2.29. The van der Waals surface area contributed by atoms with Gasteiger partial charge in [-0.3, -0.25) is 14.5 Å². The van der Waals surface area contributed by atoms with Crippen molar-refractivity contribution in [3.63, 3.8) is 0 Å². The lowest BCUT2D eigenvalue weighted by Crippen LogP contribution is -2.45. The van der Waals surface area contributed by atoms with Crippen molar-refractivity contribution in [2.75, 3.05) is 38.2 Å². The highest BCUT2D eigenvalue weighted by Gasteiger charge is 2.30. The van der Waals surface area contributed by atoms with Gasteiger partial charge >= 0.3 is 0 Å². The maximum Gasteiger partial charge on any atom is 0.266 e. The highest BCUT2D eigenvalue weighted by atomic mass is 16.5. The number of ether oxygens (including phenoxy) is 2. The number of carbonyl (C=O) groups excluding carboxylic acids is 2. The van der Waals surface area contributed by atoms with Gasteiger partial charge in [0.2, 0.25) is 5.91 Å². The Morgan fingerprint density at radius 2 is 1.83 bits per heavy atom. The molecule has 0 saturated carbocycles. The van der Waals surface area contributed by atoms with Crippen LogP contribution in [0.5, 0.6) is 5.75 Å². The summed E-state index contributed by atoms with van der Waals surface area (Å²) in [5, 5.41) is 5.89. The standard InChI is InChI=1S/C22H25N3O4/c26-21(14-20-22(27)24-17-8-4-5-9-19(17)29-20)23-18(16-6-2-1-3-7-16)15-25-10-12-28-13-11-25/h1-9,18,20H,10-15H2,(H,23,26)(H,24,27)/t18-,20+/m1/s1. The van der Waals surface area contributed by atoms with Crippen molar-refractivity contribution in [3.8, 4) is 5.75 Å². The topological polar surface area (TPSA) is 79.9 Å². The molecule has 0 bridgehead atoms. The Balaban J connectivity index is 1.41. The Kier molecular flexibility index (Phi) is 6.07. The predicted molar refractivity (Wildman–Crippen MR) is 109 cm³/mol. The third-order valence-corrected chi connectivity index (χ3v) is 5.16. The quantitative estimate of drug-likeness (QED) is 0.782. The van der Waals surface area contributed by atoms with E-state index in [0.717, 1.165) is 18.7 Å². The van der Waals surface area contributed by atoms with Crippen LogP contribution in [0.25, 0.3) is 0 Å². The first kappa shape index (κ1) is 19.4. The molecule has 2 aromatic rings. The van der Waals surface area contributed by atoms with Gasteiger partial charge in [0.15, 0.2) is 6.10 Å². The highest BCUT2D eigenvalue weighted by molar-refractivity contribution is 5.99. The monoisotopic (exact) mass is 395 g/mol. The molecule has 2 atom stereocenters. The summed E-state index contributed by atoms with van der Waals surface area (Å²) in [6.07, 6.45) is -0.878. The molecule has 0 radical (unpaired) electrons. The van der Waals surface area contributed by atoms with Crippen molar-refractivity contribution in [2.45, 2.75) is 18.6 Å². The molecule has 0 spiro atoms. The zero-order valence-corrected chi connectivity index (χ0v) is 16.2. The van der Waals surface area contributed by atoms with Gasteiger partial charge in [-0.2, -0.15) is 0 Å². The van der Waals surface area contributed by atoms with Crippen LogP contribution in [-0.2, 0) is 14.3 Å². The summed E-state index contributed by atoms with van der Waals surface area (Å²) in [6, 6.07) is 16.9. The molecule has 7 heteroatoms. The molecule has 2 heterocycles. The van der Waals surface area contributed by atoms with Gasteiger partial charge in [0, 0.05) is 19.6 Å². The van der Waals surface area contributed by atoms with Gasteiger partial charge in [-0.1, -0.05) is 42.5 Å². The number of anilines is 1. The van der Waals surface area contributed by atoms with E-state index in [2.05, 4.69) is 15.5 Å². The summed E-state index contributed by atoms with van der Waals surface area (Å²) >= 11 is 0. The second-order valence-electron chi connectivity index (χ2n) is 7.24. The summed E-state index contributed by atoms with van der Waals surface area (Å²) < 4.78 is 11.2. The minimum absolute atomic E-state index is 0.0351. The van der Waals surface area contributed by atoms with Crippen molar-refractivity contribution in [3.05, 3.63) is 60.2 Å². The van der Waals surface area contributed by atoms with Crippen LogP contribution in [0.15, 0.2) is 54.6 Å². The van der Waals surface area contributed by atoms with Gasteiger partial charge in [-0.15, -0.1) is 0 Å². The third kappa shape index (κ3) is 4.93. The first-order valence-corrected chi connectivity index (χ1v) is 9.90. The summed E-state index contributed by atoms with van der Waals surface area (Å²) in [6.45, 7) is 3.77. The molecule has 2 aliphatic rings. The average molecular weight is 395 g/mol. The molecule has 1 fully saturated rings. The summed E-state index contributed by atoms with van der Waals surface area (Å²) in [7, 11) is 0. The minimum Gasteiger partial charge on any atom is -0.478 e. The number of nitrogens with one attached hydrogen (secondary N) is 2. The fourth-order valence-corrected chi connectivity index (χ4v) is 3.61. The van der Waals surface area contributed by atoms with E-state index < -0.39 is 6.10 Å². The molecule has 2 aliphatic heterocycles. The molecule has 2 aromatic carbocycles. The minimum atomic E-state index is -0.843. The molecular weight excluding hydrogens is 370 g/mol. The Labute approximate surface area is 170 Å². The molecule has 2 N–H and O–H groups in total. The second-order valence-corrected chi connectivity index (χ2v) is 7.24. The zero-order valence-electron chi connectivity index (χ0n) is 16.2. The first-order chi connectivity index (χ1) is 14.2. The van der Waals surface area contributed by atoms with Gasteiger partial charge in [0.1, 0.15) is 5.75 Å². The molecule has 0 aromatic heterocycles. The number of para-hydroxylation sites is 2. The van der Waals surface area contributed by atoms with Gasteiger partial charge in [-0.25, -0.2) is 0 Å². The molecular formula is C22H25N3O4. The molecule has 152 valence electrons. The van der Waals surface area contributed by atoms with E-state index in [1.807, 2.05) is 42.5 Å². The Hall–Kier alpha value is -2.90. The van der Waals surface area contributed by atoms with Crippen molar-refractivity contribution < 1.29 is 19.1 Å². The van der Waals surface area contributed by atoms with E-state index in [1.165, 1.54) is 0 Å². The molecule has 2 amide bonds. The fraction of sp³-hybridized carbons (Fsp3) is 0.364. The lowest BCUT2D eigenvalue weighted by Gasteiger charge is -2.31. The molecule has 29 heavy (non-hydrogen) atoms. The molecule has 1 saturated heterocycles. The van der Waals surface area contributed by atoms with E-state index in [-0.39, 0.29) is 24.3 Å². The van der Waals surface area contributed by atoms with Crippen LogP contribution in [0.1, 0.15) is 18.0 Å². The number of fused-ring (bicyclic) bond motifs is 1. The zero-order chi connectivity index (χ0) is 20.1. The molecule has 7 nitrogen and oxygen atoms in total. The first-order valence-electron chi connectivity index (χ1n) is 9.90. The normalized spacial score (nSPS) is 20.1. The van der Waals surface area contributed by atoms with Crippen molar-refractivity contribution in [2.24, 2.45) is 0 Å². The number of benzene rings is 2. The van der Waals surface area contributed by atoms with Gasteiger partial charge in [0.05, 0.1) is 31.4 Å². The van der Waals surface area contributed by atoms with Crippen LogP contribution in [0.4, 0.5) is 5.69 Å². The second kappa shape index (κ2) is 9.07. The van der Waals surface area contributed by atoms with E-state index >= 15 is 0 Å². The van der Waals surface area contributed by atoms with Crippen molar-refractivity contribution in [1.82, 2.24) is 10.2 Å². The van der Waals surface area contributed by atoms with E-state index in [0.29, 0.717) is 31.2 Å². The molecule has 0 unspecified atom stereocenters. The lowest BCUT2D eigenvalue weighted by molar-refractivity contribution is -0.131. The predicted octanol–water partition coefficient (Wildman–Crippen LogP) is 1.97. The number of morpholine rings is 1. The van der Waals surface area contributed by atoms with Gasteiger partial charge in [0.25, 0.3) is 5.91 Å². The molecule has 4 rings (SSSR count). The van der Waals surface area contributed by atoms with Gasteiger partial charge in [-0.05, 0) is 17.7 Å². The maximum absolute atomic E-state index is 12.8. The number of nitrogens with zero attached hydrogens (tertiary/aromatic N) is 1. The summed E-state index contributed by atoms with van der Waals surface area (Å²) in [4.78, 5) is 27.4. The fourth-order valence-electron chi connectivity index (χ4n) is 3.61. The smallest absolute Gasteiger partial charge is 0.266 e. The average Bonchev–Trinajstić information content (AvgIpc) is 2.75.